The smallest absolute Gasteiger partial charge is 0.173 e. The van der Waals surface area contributed by atoms with E-state index in [0.717, 1.165) is 0 Å². The molecule has 1 unspecified atom stereocenters. The summed E-state index contributed by atoms with van der Waals surface area (Å²) >= 11 is 0. The Morgan fingerprint density at radius 1 is 1.19 bits per heavy atom. The molecule has 0 aliphatic carbocycles. The zero-order chi connectivity index (χ0) is 12.3. The van der Waals surface area contributed by atoms with Crippen molar-refractivity contribution in [2.24, 2.45) is 5.92 Å². The molecule has 16 heavy (non-hydrogen) atoms. The van der Waals surface area contributed by atoms with Gasteiger partial charge in [0.1, 0.15) is 11.4 Å². The fourth-order valence-corrected chi connectivity index (χ4v) is 1.68. The minimum atomic E-state index is -0.397. The molecule has 1 aliphatic heterocycles. The number of para-hydroxylation sites is 1. The molecule has 1 heterocycles. The Hall–Kier alpha value is -1.31. The Bertz CT molecular complexity index is 380. The van der Waals surface area contributed by atoms with Crippen molar-refractivity contribution < 1.29 is 9.53 Å². The number of rotatable bonds is 0. The van der Waals surface area contributed by atoms with Crippen LogP contribution in [-0.4, -0.2) is 11.4 Å². The highest BCUT2D eigenvalue weighted by atomic mass is 16.5. The minimum Gasteiger partial charge on any atom is -0.486 e. The highest BCUT2D eigenvalue weighted by Crippen LogP contribution is 2.36. The molecule has 2 heteroatoms. The zero-order valence-electron chi connectivity index (χ0n) is 10.7. The average molecular weight is 220 g/mol. The number of ether oxygens (including phenoxy) is 1. The van der Waals surface area contributed by atoms with Crippen LogP contribution in [0.1, 0.15) is 45.0 Å². The van der Waals surface area contributed by atoms with Gasteiger partial charge in [0.2, 0.25) is 0 Å². The van der Waals surface area contributed by atoms with E-state index in [9.17, 15) is 4.79 Å². The lowest BCUT2D eigenvalue weighted by Crippen LogP contribution is -2.44. The molecule has 1 aromatic rings. The second-order valence-corrected chi connectivity index (χ2v) is 4.29. The van der Waals surface area contributed by atoms with Gasteiger partial charge in [-0.2, -0.15) is 0 Å². The summed E-state index contributed by atoms with van der Waals surface area (Å²) in [6.07, 6.45) is 0. The highest BCUT2D eigenvalue weighted by molar-refractivity contribution is 6.01. The Morgan fingerprint density at radius 2 is 1.75 bits per heavy atom. The van der Waals surface area contributed by atoms with Gasteiger partial charge in [0, 0.05) is 0 Å². The Balaban J connectivity index is 0.000000606. The van der Waals surface area contributed by atoms with Crippen LogP contribution < -0.4 is 4.74 Å². The molecule has 1 atom stereocenters. The van der Waals surface area contributed by atoms with Crippen molar-refractivity contribution in [3.8, 4) is 5.75 Å². The number of carbonyl (C=O) groups excluding carboxylic acids is 1. The third kappa shape index (κ3) is 2.11. The predicted molar refractivity (Wildman–Crippen MR) is 66.0 cm³/mol. The van der Waals surface area contributed by atoms with Gasteiger partial charge in [-0.1, -0.05) is 32.9 Å². The first-order valence-electron chi connectivity index (χ1n) is 5.84. The summed E-state index contributed by atoms with van der Waals surface area (Å²) in [4.78, 5) is 12.0. The summed E-state index contributed by atoms with van der Waals surface area (Å²) in [5.74, 6) is 0.801. The molecule has 88 valence electrons. The number of carbonyl (C=O) groups is 1. The van der Waals surface area contributed by atoms with Crippen LogP contribution in [-0.2, 0) is 0 Å². The highest BCUT2D eigenvalue weighted by Gasteiger charge is 2.39. The number of benzene rings is 1. The van der Waals surface area contributed by atoms with Crippen LogP contribution in [0.5, 0.6) is 5.75 Å². The fourth-order valence-electron chi connectivity index (χ4n) is 1.68. The first-order chi connectivity index (χ1) is 7.52. The lowest BCUT2D eigenvalue weighted by Gasteiger charge is -2.36. The van der Waals surface area contributed by atoms with Gasteiger partial charge in [-0.15, -0.1) is 0 Å². The van der Waals surface area contributed by atoms with Gasteiger partial charge in [0.05, 0.1) is 11.5 Å². The van der Waals surface area contributed by atoms with Crippen molar-refractivity contribution in [1.29, 1.82) is 0 Å². The van der Waals surface area contributed by atoms with E-state index in [2.05, 4.69) is 0 Å². The van der Waals surface area contributed by atoms with Gasteiger partial charge in [-0.3, -0.25) is 4.79 Å². The summed E-state index contributed by atoms with van der Waals surface area (Å²) in [5.41, 5.74) is 0.310. The van der Waals surface area contributed by atoms with Crippen molar-refractivity contribution in [3.63, 3.8) is 0 Å². The molecule has 0 saturated carbocycles. The largest absolute Gasteiger partial charge is 0.486 e. The molecule has 2 rings (SSSR count). The molecule has 0 amide bonds. The standard InChI is InChI=1S/C12H14O2.C2H6/c1-8-11(13)9-6-4-5-7-10(9)14-12(8,2)3;1-2/h4-8H,1-3H3;1-2H3. The minimum absolute atomic E-state index is 0.0857. The normalized spacial score (nSPS) is 21.3. The topological polar surface area (TPSA) is 26.3 Å². The number of hydrogen-bond donors (Lipinski definition) is 0. The van der Waals surface area contributed by atoms with Gasteiger partial charge in [-0.25, -0.2) is 0 Å². The van der Waals surface area contributed by atoms with Gasteiger partial charge in [-0.05, 0) is 26.0 Å². The summed E-state index contributed by atoms with van der Waals surface area (Å²) in [5, 5.41) is 0. The van der Waals surface area contributed by atoms with Crippen molar-refractivity contribution in [3.05, 3.63) is 29.8 Å². The van der Waals surface area contributed by atoms with E-state index in [1.165, 1.54) is 0 Å². The van der Waals surface area contributed by atoms with E-state index in [-0.39, 0.29) is 11.7 Å². The van der Waals surface area contributed by atoms with E-state index in [0.29, 0.717) is 11.3 Å². The SMILES string of the molecule is CC.CC1C(=O)c2ccccc2OC1(C)C. The second kappa shape index (κ2) is 4.69. The van der Waals surface area contributed by atoms with E-state index >= 15 is 0 Å². The summed E-state index contributed by atoms with van der Waals surface area (Å²) in [6, 6.07) is 7.42. The maximum absolute atomic E-state index is 12.0. The van der Waals surface area contributed by atoms with Crippen LogP contribution in [0.2, 0.25) is 0 Å². The van der Waals surface area contributed by atoms with Gasteiger partial charge in [0.25, 0.3) is 0 Å². The van der Waals surface area contributed by atoms with Crippen molar-refractivity contribution in [1.82, 2.24) is 0 Å². The van der Waals surface area contributed by atoms with Crippen molar-refractivity contribution in [2.45, 2.75) is 40.2 Å². The molecular weight excluding hydrogens is 200 g/mol. The molecule has 0 aromatic heterocycles. The van der Waals surface area contributed by atoms with Crippen molar-refractivity contribution >= 4 is 5.78 Å². The van der Waals surface area contributed by atoms with Gasteiger partial charge >= 0.3 is 0 Å². The number of fused-ring (bicyclic) bond motifs is 1. The lowest BCUT2D eigenvalue weighted by molar-refractivity contribution is 0.0319. The van der Waals surface area contributed by atoms with E-state index < -0.39 is 5.60 Å². The third-order valence-electron chi connectivity index (χ3n) is 2.96. The van der Waals surface area contributed by atoms with Gasteiger partial charge < -0.3 is 4.74 Å². The van der Waals surface area contributed by atoms with E-state index in [1.54, 1.807) is 0 Å². The van der Waals surface area contributed by atoms with Crippen LogP contribution in [0.15, 0.2) is 24.3 Å². The molecule has 0 saturated heterocycles. The molecule has 0 bridgehead atoms. The van der Waals surface area contributed by atoms with Crippen LogP contribution >= 0.6 is 0 Å². The molecule has 1 aromatic carbocycles. The predicted octanol–water partition coefficient (Wildman–Crippen LogP) is 3.70. The fraction of sp³-hybridized carbons (Fsp3) is 0.500. The van der Waals surface area contributed by atoms with Crippen LogP contribution in [0, 0.1) is 5.92 Å². The first kappa shape index (κ1) is 12.8. The molecule has 1 aliphatic rings. The quantitative estimate of drug-likeness (QED) is 0.666. The Labute approximate surface area is 97.6 Å². The Morgan fingerprint density at radius 3 is 2.38 bits per heavy atom. The van der Waals surface area contributed by atoms with Crippen LogP contribution in [0.25, 0.3) is 0 Å². The number of Topliss-reactive ketones (excluding diaryl/α,β-unsaturated/α-hetero) is 1. The summed E-state index contributed by atoms with van der Waals surface area (Å²) in [7, 11) is 0. The summed E-state index contributed by atoms with van der Waals surface area (Å²) < 4.78 is 5.78. The average Bonchev–Trinajstić information content (AvgIpc) is 2.29. The molecule has 0 fully saturated rings. The first-order valence-corrected chi connectivity index (χ1v) is 5.84. The molecule has 0 N–H and O–H groups in total. The number of hydrogen-bond acceptors (Lipinski definition) is 2. The van der Waals surface area contributed by atoms with Crippen LogP contribution in [0.4, 0.5) is 0 Å². The van der Waals surface area contributed by atoms with Crippen molar-refractivity contribution in [2.75, 3.05) is 0 Å². The summed E-state index contributed by atoms with van der Waals surface area (Å²) in [6.45, 7) is 9.81. The zero-order valence-corrected chi connectivity index (χ0v) is 10.7. The van der Waals surface area contributed by atoms with Crippen LogP contribution in [0.3, 0.4) is 0 Å². The van der Waals surface area contributed by atoms with E-state index in [1.807, 2.05) is 58.9 Å². The molecule has 0 radical (unpaired) electrons. The molecule has 2 nitrogen and oxygen atoms in total. The second-order valence-electron chi connectivity index (χ2n) is 4.29. The maximum atomic E-state index is 12.0. The Kier molecular flexibility index (Phi) is 3.74. The monoisotopic (exact) mass is 220 g/mol. The maximum Gasteiger partial charge on any atom is 0.173 e. The molecule has 0 spiro atoms. The van der Waals surface area contributed by atoms with E-state index in [4.69, 9.17) is 4.74 Å². The van der Waals surface area contributed by atoms with Gasteiger partial charge in [0.15, 0.2) is 5.78 Å². The lowest BCUT2D eigenvalue weighted by atomic mass is 9.83. The molecular formula is C14H20O2. The number of ketones is 1. The third-order valence-corrected chi connectivity index (χ3v) is 2.96.